The summed E-state index contributed by atoms with van der Waals surface area (Å²) in [7, 11) is 0. The van der Waals surface area contributed by atoms with Gasteiger partial charge in [-0.2, -0.15) is 0 Å². The van der Waals surface area contributed by atoms with Crippen molar-refractivity contribution in [2.45, 2.75) is 46.0 Å². The lowest BCUT2D eigenvalue weighted by Crippen LogP contribution is -2.44. The molecule has 0 bridgehead atoms. The average molecular weight is 155 g/mol. The van der Waals surface area contributed by atoms with Crippen molar-refractivity contribution in [3.63, 3.8) is 0 Å². The zero-order chi connectivity index (χ0) is 8.16. The fraction of sp³-hybridized carbons (Fsp3) is 1.00. The molecule has 1 saturated carbocycles. The average Bonchev–Trinajstić information content (AvgIpc) is 2.07. The van der Waals surface area contributed by atoms with Crippen molar-refractivity contribution in [2.24, 2.45) is 5.41 Å². The lowest BCUT2D eigenvalue weighted by Gasteiger charge is -2.45. The highest BCUT2D eigenvalue weighted by molar-refractivity contribution is 4.91. The molecule has 0 unspecified atom stereocenters. The van der Waals surface area contributed by atoms with E-state index in [4.69, 9.17) is 0 Å². The lowest BCUT2D eigenvalue weighted by atomic mass is 9.65. The van der Waals surface area contributed by atoms with E-state index < -0.39 is 0 Å². The van der Waals surface area contributed by atoms with E-state index in [1.807, 2.05) is 13.8 Å². The Labute approximate surface area is 70.6 Å². The topological polar surface area (TPSA) is 12.0 Å². The molecule has 66 valence electrons. The number of rotatable bonds is 0. The molecular weight excluding hydrogens is 134 g/mol. The van der Waals surface area contributed by atoms with E-state index in [1.54, 1.807) is 0 Å². The zero-order valence-corrected chi connectivity index (χ0v) is 7.95. The van der Waals surface area contributed by atoms with Gasteiger partial charge in [-0.15, -0.1) is 0 Å². The fourth-order valence-electron chi connectivity index (χ4n) is 2.13. The Bertz CT molecular complexity index is 97.4. The van der Waals surface area contributed by atoms with Crippen molar-refractivity contribution in [1.82, 2.24) is 5.32 Å². The number of nitrogens with one attached hydrogen (secondary N) is 1. The van der Waals surface area contributed by atoms with Gasteiger partial charge in [0.15, 0.2) is 0 Å². The molecule has 0 aromatic carbocycles. The maximum atomic E-state index is 3.48. The number of piperidine rings is 1. The molecule has 1 heterocycles. The highest BCUT2D eigenvalue weighted by atomic mass is 14.9. The highest BCUT2D eigenvalue weighted by Gasteiger charge is 2.37. The van der Waals surface area contributed by atoms with Crippen LogP contribution in [0.3, 0.4) is 0 Å². The minimum absolute atomic E-state index is 0.790. The standard InChI is InChI=1S/C8H15N.C2H6/c1-3-8(4-1)5-2-6-9-7-8;1-2/h9H,1-7H2;1-2H3. The van der Waals surface area contributed by atoms with E-state index in [2.05, 4.69) is 5.32 Å². The molecule has 11 heavy (non-hydrogen) atoms. The first-order chi connectivity index (χ1) is 5.41. The maximum absolute atomic E-state index is 3.48. The van der Waals surface area contributed by atoms with Gasteiger partial charge in [-0.25, -0.2) is 0 Å². The second-order valence-corrected chi connectivity index (χ2v) is 3.63. The molecule has 1 nitrogen and oxygen atoms in total. The van der Waals surface area contributed by atoms with E-state index in [9.17, 15) is 0 Å². The predicted octanol–water partition coefficient (Wildman–Crippen LogP) is 2.57. The normalized spacial score (nSPS) is 26.7. The minimum atomic E-state index is 0.790. The van der Waals surface area contributed by atoms with E-state index in [0.717, 1.165) is 5.41 Å². The minimum Gasteiger partial charge on any atom is -0.316 e. The summed E-state index contributed by atoms with van der Waals surface area (Å²) in [6.07, 6.45) is 7.40. The van der Waals surface area contributed by atoms with Gasteiger partial charge >= 0.3 is 0 Å². The third-order valence-corrected chi connectivity index (χ3v) is 2.97. The predicted molar refractivity (Wildman–Crippen MR) is 49.7 cm³/mol. The smallest absolute Gasteiger partial charge is 0.000781 e. The van der Waals surface area contributed by atoms with Gasteiger partial charge in [0, 0.05) is 6.54 Å². The molecule has 2 fully saturated rings. The molecular formula is C10H21N. The van der Waals surface area contributed by atoms with Crippen molar-refractivity contribution in [3.05, 3.63) is 0 Å². The molecule has 1 aliphatic heterocycles. The monoisotopic (exact) mass is 155 g/mol. The van der Waals surface area contributed by atoms with Gasteiger partial charge in [0.1, 0.15) is 0 Å². The summed E-state index contributed by atoms with van der Waals surface area (Å²) >= 11 is 0. The van der Waals surface area contributed by atoms with E-state index >= 15 is 0 Å². The van der Waals surface area contributed by atoms with Crippen molar-refractivity contribution in [2.75, 3.05) is 13.1 Å². The first-order valence-corrected chi connectivity index (χ1v) is 5.12. The van der Waals surface area contributed by atoms with Crippen LogP contribution in [0.1, 0.15) is 46.0 Å². The molecule has 2 aliphatic rings. The van der Waals surface area contributed by atoms with Gasteiger partial charge in [-0.1, -0.05) is 20.3 Å². The van der Waals surface area contributed by atoms with E-state index in [0.29, 0.717) is 0 Å². The Morgan fingerprint density at radius 1 is 1.00 bits per heavy atom. The van der Waals surface area contributed by atoms with Crippen molar-refractivity contribution in [1.29, 1.82) is 0 Å². The van der Waals surface area contributed by atoms with E-state index in [-0.39, 0.29) is 0 Å². The van der Waals surface area contributed by atoms with E-state index in [1.165, 1.54) is 45.2 Å². The highest BCUT2D eigenvalue weighted by Crippen LogP contribution is 2.45. The van der Waals surface area contributed by atoms with Crippen LogP contribution >= 0.6 is 0 Å². The summed E-state index contributed by atoms with van der Waals surface area (Å²) in [5.74, 6) is 0. The molecule has 1 aliphatic carbocycles. The second kappa shape index (κ2) is 4.10. The van der Waals surface area contributed by atoms with Crippen molar-refractivity contribution >= 4 is 0 Å². The quantitative estimate of drug-likeness (QED) is 0.567. The Hall–Kier alpha value is -0.0400. The third kappa shape index (κ3) is 1.96. The van der Waals surface area contributed by atoms with Crippen LogP contribution in [-0.4, -0.2) is 13.1 Å². The lowest BCUT2D eigenvalue weighted by molar-refractivity contribution is 0.0935. The Balaban J connectivity index is 0.000000281. The van der Waals surface area contributed by atoms with Gasteiger partial charge in [0.2, 0.25) is 0 Å². The molecule has 0 aromatic rings. The van der Waals surface area contributed by atoms with Crippen molar-refractivity contribution in [3.8, 4) is 0 Å². The summed E-state index contributed by atoms with van der Waals surface area (Å²) < 4.78 is 0. The number of hydrogen-bond acceptors (Lipinski definition) is 1. The first-order valence-electron chi connectivity index (χ1n) is 5.12. The molecule has 0 radical (unpaired) electrons. The molecule has 1 spiro atoms. The Morgan fingerprint density at radius 3 is 1.91 bits per heavy atom. The zero-order valence-electron chi connectivity index (χ0n) is 7.95. The molecule has 1 heteroatoms. The third-order valence-electron chi connectivity index (χ3n) is 2.97. The van der Waals surface area contributed by atoms with Crippen LogP contribution in [0.2, 0.25) is 0 Å². The van der Waals surface area contributed by atoms with Gasteiger partial charge in [0.05, 0.1) is 0 Å². The molecule has 0 atom stereocenters. The van der Waals surface area contributed by atoms with Crippen LogP contribution in [-0.2, 0) is 0 Å². The summed E-state index contributed by atoms with van der Waals surface area (Å²) in [5, 5.41) is 3.48. The Kier molecular flexibility index (Phi) is 3.38. The molecule has 1 N–H and O–H groups in total. The molecule has 0 aromatic heterocycles. The first kappa shape index (κ1) is 9.05. The molecule has 2 rings (SSSR count). The van der Waals surface area contributed by atoms with Crippen LogP contribution in [0.25, 0.3) is 0 Å². The summed E-state index contributed by atoms with van der Waals surface area (Å²) in [6.45, 7) is 6.58. The summed E-state index contributed by atoms with van der Waals surface area (Å²) in [4.78, 5) is 0. The van der Waals surface area contributed by atoms with Gasteiger partial charge in [0.25, 0.3) is 0 Å². The molecule has 0 amide bonds. The van der Waals surface area contributed by atoms with Gasteiger partial charge in [-0.3, -0.25) is 0 Å². The summed E-state index contributed by atoms with van der Waals surface area (Å²) in [6, 6.07) is 0. The Morgan fingerprint density at radius 2 is 1.64 bits per heavy atom. The SMILES string of the molecule is C1CNCC2(C1)CCC2.CC. The largest absolute Gasteiger partial charge is 0.316 e. The maximum Gasteiger partial charge on any atom is 0.000781 e. The van der Waals surface area contributed by atoms with Crippen LogP contribution in [0.5, 0.6) is 0 Å². The van der Waals surface area contributed by atoms with Gasteiger partial charge < -0.3 is 5.32 Å². The van der Waals surface area contributed by atoms with Crippen LogP contribution in [0.4, 0.5) is 0 Å². The second-order valence-electron chi connectivity index (χ2n) is 3.63. The molecule has 1 saturated heterocycles. The number of hydrogen-bond donors (Lipinski definition) is 1. The van der Waals surface area contributed by atoms with Crippen LogP contribution < -0.4 is 5.32 Å². The summed E-state index contributed by atoms with van der Waals surface area (Å²) in [5.41, 5.74) is 0.790. The van der Waals surface area contributed by atoms with Gasteiger partial charge in [-0.05, 0) is 37.6 Å². The van der Waals surface area contributed by atoms with Crippen LogP contribution in [0, 0.1) is 5.41 Å². The fourth-order valence-corrected chi connectivity index (χ4v) is 2.13. The van der Waals surface area contributed by atoms with Crippen LogP contribution in [0.15, 0.2) is 0 Å². The van der Waals surface area contributed by atoms with Crippen molar-refractivity contribution < 1.29 is 0 Å².